The van der Waals surface area contributed by atoms with Crippen molar-refractivity contribution in [1.82, 2.24) is 19.9 Å². The third kappa shape index (κ3) is 5.34. The van der Waals surface area contributed by atoms with Gasteiger partial charge in [-0.05, 0) is 53.9 Å². The monoisotopic (exact) mass is 498 g/mol. The molecule has 0 radical (unpaired) electrons. The summed E-state index contributed by atoms with van der Waals surface area (Å²) in [6, 6.07) is 16.1. The molecule has 2 aliphatic rings. The number of morpholine rings is 2. The molecule has 9 nitrogen and oxygen atoms in total. The maximum Gasteiger partial charge on any atom is 0.259 e. The zero-order chi connectivity index (χ0) is 25.0. The molecule has 0 atom stereocenters. The van der Waals surface area contributed by atoms with Gasteiger partial charge in [-0.2, -0.15) is 0 Å². The molecule has 0 bridgehead atoms. The van der Waals surface area contributed by atoms with Gasteiger partial charge in [-0.1, -0.05) is 0 Å². The highest BCUT2D eigenvalue weighted by Crippen LogP contribution is 2.28. The summed E-state index contributed by atoms with van der Waals surface area (Å²) in [7, 11) is 0. The molecule has 37 heavy (non-hydrogen) atoms. The molecule has 0 amide bonds. The largest absolute Gasteiger partial charge is 0.379 e. The van der Waals surface area contributed by atoms with Crippen LogP contribution in [0.2, 0.25) is 0 Å². The number of hydrogen-bond acceptors (Lipinski definition) is 8. The molecule has 190 valence electrons. The van der Waals surface area contributed by atoms with Crippen molar-refractivity contribution in [3.63, 3.8) is 0 Å². The van der Waals surface area contributed by atoms with Gasteiger partial charge in [-0.3, -0.25) is 14.7 Å². The van der Waals surface area contributed by atoms with Gasteiger partial charge < -0.3 is 24.7 Å². The van der Waals surface area contributed by atoms with E-state index in [2.05, 4.69) is 32.2 Å². The number of benzene rings is 1. The second-order valence-corrected chi connectivity index (χ2v) is 9.33. The molecule has 0 unspecified atom stereocenters. The Morgan fingerprint density at radius 2 is 1.68 bits per heavy atom. The predicted octanol–water partition coefficient (Wildman–Crippen LogP) is 3.40. The van der Waals surface area contributed by atoms with Crippen LogP contribution in [-0.2, 0) is 16.0 Å². The van der Waals surface area contributed by atoms with Crippen LogP contribution < -0.4 is 15.8 Å². The zero-order valence-corrected chi connectivity index (χ0v) is 20.7. The molecule has 1 aromatic carbocycles. The van der Waals surface area contributed by atoms with Crippen LogP contribution in [0.4, 0.5) is 17.2 Å². The van der Waals surface area contributed by atoms with E-state index in [9.17, 15) is 4.79 Å². The van der Waals surface area contributed by atoms with Crippen molar-refractivity contribution in [2.24, 2.45) is 0 Å². The van der Waals surface area contributed by atoms with E-state index >= 15 is 0 Å². The summed E-state index contributed by atoms with van der Waals surface area (Å²) in [6.07, 6.45) is 3.52. The summed E-state index contributed by atoms with van der Waals surface area (Å²) >= 11 is 0. The lowest BCUT2D eigenvalue weighted by Crippen LogP contribution is -2.36. The van der Waals surface area contributed by atoms with Crippen LogP contribution in [0, 0.1) is 0 Å². The van der Waals surface area contributed by atoms with E-state index in [1.165, 1.54) is 0 Å². The Labute approximate surface area is 215 Å². The van der Waals surface area contributed by atoms with Gasteiger partial charge in [0.25, 0.3) is 5.56 Å². The fourth-order valence-electron chi connectivity index (χ4n) is 4.82. The van der Waals surface area contributed by atoms with E-state index < -0.39 is 0 Å². The van der Waals surface area contributed by atoms with Gasteiger partial charge in [0.1, 0.15) is 5.82 Å². The number of anilines is 3. The van der Waals surface area contributed by atoms with Crippen molar-refractivity contribution < 1.29 is 9.47 Å². The molecule has 9 heteroatoms. The summed E-state index contributed by atoms with van der Waals surface area (Å²) in [5.74, 6) is 0.519. The van der Waals surface area contributed by atoms with E-state index in [-0.39, 0.29) is 5.56 Å². The number of aromatic nitrogens is 3. The second-order valence-electron chi connectivity index (χ2n) is 9.33. The van der Waals surface area contributed by atoms with Crippen LogP contribution >= 0.6 is 0 Å². The molecule has 0 saturated carbocycles. The summed E-state index contributed by atoms with van der Waals surface area (Å²) in [6.45, 7) is 7.44. The Kier molecular flexibility index (Phi) is 6.81. The molecule has 6 rings (SSSR count). The van der Waals surface area contributed by atoms with Gasteiger partial charge in [0.15, 0.2) is 0 Å². The number of aromatic amines is 1. The number of rotatable bonds is 6. The number of hydrogen-bond donors (Lipinski definition) is 2. The predicted molar refractivity (Wildman–Crippen MR) is 144 cm³/mol. The number of H-pyrrole nitrogens is 1. The lowest BCUT2D eigenvalue weighted by atomic mass is 10.1. The third-order valence-electron chi connectivity index (χ3n) is 6.87. The number of nitrogens with zero attached hydrogens (tertiary/aromatic N) is 4. The first kappa shape index (κ1) is 23.6. The average molecular weight is 499 g/mol. The number of fused-ring (bicyclic) bond motifs is 1. The zero-order valence-electron chi connectivity index (χ0n) is 20.7. The van der Waals surface area contributed by atoms with Gasteiger partial charge >= 0.3 is 0 Å². The second kappa shape index (κ2) is 10.7. The van der Waals surface area contributed by atoms with Crippen molar-refractivity contribution in [3.05, 3.63) is 77.0 Å². The van der Waals surface area contributed by atoms with Gasteiger partial charge in [-0.25, -0.2) is 4.98 Å². The van der Waals surface area contributed by atoms with Crippen LogP contribution in [0.25, 0.3) is 22.0 Å². The highest BCUT2D eigenvalue weighted by Gasteiger charge is 2.15. The molecule has 2 aliphatic heterocycles. The van der Waals surface area contributed by atoms with Crippen LogP contribution in [0.1, 0.15) is 5.69 Å². The molecule has 0 spiro atoms. The van der Waals surface area contributed by atoms with E-state index in [0.29, 0.717) is 11.2 Å². The molecule has 3 aromatic heterocycles. The maximum atomic E-state index is 12.8. The number of ether oxygens (including phenoxy) is 2. The Hall–Kier alpha value is -3.79. The first-order valence-electron chi connectivity index (χ1n) is 12.7. The first-order chi connectivity index (χ1) is 18.2. The molecule has 2 saturated heterocycles. The van der Waals surface area contributed by atoms with Crippen molar-refractivity contribution in [3.8, 4) is 11.3 Å². The van der Waals surface area contributed by atoms with Crippen LogP contribution in [0.5, 0.6) is 0 Å². The highest BCUT2D eigenvalue weighted by atomic mass is 16.5. The van der Waals surface area contributed by atoms with Gasteiger partial charge in [0, 0.05) is 62.1 Å². The van der Waals surface area contributed by atoms with Crippen LogP contribution in [0.15, 0.2) is 65.7 Å². The fourth-order valence-corrected chi connectivity index (χ4v) is 4.82. The number of nitrogens with one attached hydrogen (secondary N) is 2. The van der Waals surface area contributed by atoms with Gasteiger partial charge in [0.2, 0.25) is 0 Å². The minimum absolute atomic E-state index is 0.178. The van der Waals surface area contributed by atoms with Crippen molar-refractivity contribution in [2.75, 3.05) is 62.8 Å². The third-order valence-corrected chi connectivity index (χ3v) is 6.87. The van der Waals surface area contributed by atoms with E-state index in [0.717, 1.165) is 92.9 Å². The fraction of sp³-hybridized carbons (Fsp3) is 0.321. The smallest absolute Gasteiger partial charge is 0.259 e. The SMILES string of the molecule is O=c1[nH]ccc2cc(-c3ccc(CN4CCOCC4)nc3)nc(Nc3ccc(N4CCOCC4)cc3)c12. The molecule has 4 aromatic rings. The Bertz CT molecular complexity index is 1410. The van der Waals surface area contributed by atoms with Crippen molar-refractivity contribution in [2.45, 2.75) is 6.54 Å². The van der Waals surface area contributed by atoms with Gasteiger partial charge in [0.05, 0.1) is 43.2 Å². The minimum atomic E-state index is -0.178. The molecule has 2 fully saturated rings. The summed E-state index contributed by atoms with van der Waals surface area (Å²) < 4.78 is 10.9. The molecule has 5 heterocycles. The highest BCUT2D eigenvalue weighted by molar-refractivity contribution is 5.95. The topological polar surface area (TPSA) is 95.6 Å². The van der Waals surface area contributed by atoms with E-state index in [4.69, 9.17) is 19.4 Å². The maximum absolute atomic E-state index is 12.8. The van der Waals surface area contributed by atoms with E-state index in [1.807, 2.05) is 42.6 Å². The summed E-state index contributed by atoms with van der Waals surface area (Å²) in [4.78, 5) is 29.7. The van der Waals surface area contributed by atoms with Gasteiger partial charge in [-0.15, -0.1) is 0 Å². The Morgan fingerprint density at radius 1 is 0.919 bits per heavy atom. The lowest BCUT2D eigenvalue weighted by Gasteiger charge is -2.28. The number of pyridine rings is 3. The first-order valence-corrected chi connectivity index (χ1v) is 12.7. The Morgan fingerprint density at radius 3 is 2.41 bits per heavy atom. The lowest BCUT2D eigenvalue weighted by molar-refractivity contribution is 0.0336. The van der Waals surface area contributed by atoms with Crippen molar-refractivity contribution in [1.29, 1.82) is 0 Å². The molecule has 2 N–H and O–H groups in total. The molecular formula is C28H30N6O3. The quantitative estimate of drug-likeness (QED) is 0.418. The molecule has 0 aliphatic carbocycles. The minimum Gasteiger partial charge on any atom is -0.379 e. The van der Waals surface area contributed by atoms with Crippen molar-refractivity contribution >= 4 is 28.0 Å². The molecular weight excluding hydrogens is 468 g/mol. The average Bonchev–Trinajstić information content (AvgIpc) is 2.95. The standard InChI is InChI=1S/C28H30N6O3/c35-28-26-20(7-8-29-28)17-25(21-1-2-23(30-18-21)19-33-9-13-36-14-10-33)32-27(26)31-22-3-5-24(6-4-22)34-11-15-37-16-12-34/h1-8,17-18H,9-16,19H2,(H,29,35)(H,31,32). The van der Waals surface area contributed by atoms with E-state index in [1.54, 1.807) is 6.20 Å². The summed E-state index contributed by atoms with van der Waals surface area (Å²) in [5.41, 5.74) is 4.52. The normalized spacial score (nSPS) is 16.7. The van der Waals surface area contributed by atoms with Crippen LogP contribution in [0.3, 0.4) is 0 Å². The Balaban J connectivity index is 1.27. The van der Waals surface area contributed by atoms with Crippen LogP contribution in [-0.4, -0.2) is 72.5 Å². The summed E-state index contributed by atoms with van der Waals surface area (Å²) in [5, 5.41) is 4.73.